The Bertz CT molecular complexity index is 1360. The zero-order valence-corrected chi connectivity index (χ0v) is 19.6. The predicted molar refractivity (Wildman–Crippen MR) is 127 cm³/mol. The molecule has 1 N–H and O–H groups in total. The van der Waals surface area contributed by atoms with Crippen molar-refractivity contribution in [3.63, 3.8) is 0 Å². The van der Waals surface area contributed by atoms with E-state index >= 15 is 0 Å². The number of anilines is 1. The molecule has 184 valence electrons. The number of rotatable bonds is 6. The molecule has 0 spiro atoms. The number of aromatic nitrogens is 3. The van der Waals surface area contributed by atoms with Crippen LogP contribution in [0.3, 0.4) is 0 Å². The van der Waals surface area contributed by atoms with Crippen LogP contribution in [0.4, 0.5) is 19.0 Å². The van der Waals surface area contributed by atoms with Gasteiger partial charge in [-0.3, -0.25) is 9.59 Å². The summed E-state index contributed by atoms with van der Waals surface area (Å²) in [6.45, 7) is 9.21. The van der Waals surface area contributed by atoms with Crippen LogP contribution in [-0.4, -0.2) is 37.9 Å². The molecule has 0 aliphatic carbocycles. The molecule has 0 unspecified atom stereocenters. The zero-order chi connectivity index (χ0) is 25.4. The number of likely N-dealkylation sites (tertiary alicyclic amines) is 1. The standard InChI is InChI=1S/C25H26F3N5O2/c1-5-20(17-7-6-8-18(23(17)26)24(27)28)31-25-19-12-33(16-9-13(2)32(11-16)15(4)34)22(35)10-21(19)29-14(3)30-25/h5-8,10,12-13,16,20,24H,1,9,11H2,2-4H3,(H,29,30,31)/t13-,16-,20-/m1/s1. The lowest BCUT2D eigenvalue weighted by molar-refractivity contribution is -0.129. The first-order valence-corrected chi connectivity index (χ1v) is 11.2. The highest BCUT2D eigenvalue weighted by Gasteiger charge is 2.32. The van der Waals surface area contributed by atoms with E-state index in [0.717, 1.165) is 6.07 Å². The van der Waals surface area contributed by atoms with Gasteiger partial charge in [-0.25, -0.2) is 23.1 Å². The Morgan fingerprint density at radius 1 is 1.29 bits per heavy atom. The van der Waals surface area contributed by atoms with Crippen LogP contribution in [-0.2, 0) is 4.79 Å². The molecule has 0 radical (unpaired) electrons. The second kappa shape index (κ2) is 9.52. The summed E-state index contributed by atoms with van der Waals surface area (Å²) >= 11 is 0. The van der Waals surface area contributed by atoms with Crippen LogP contribution in [0.15, 0.2) is 47.9 Å². The summed E-state index contributed by atoms with van der Waals surface area (Å²) in [6, 6.07) is 4.10. The van der Waals surface area contributed by atoms with E-state index in [1.807, 2.05) is 6.92 Å². The average Bonchev–Trinajstić information content (AvgIpc) is 3.18. The molecule has 0 bridgehead atoms. The maximum absolute atomic E-state index is 14.8. The fourth-order valence-corrected chi connectivity index (χ4v) is 4.66. The van der Waals surface area contributed by atoms with Crippen LogP contribution in [0.2, 0.25) is 0 Å². The molecule has 1 aliphatic heterocycles. The number of alkyl halides is 2. The summed E-state index contributed by atoms with van der Waals surface area (Å²) in [5, 5.41) is 3.58. The summed E-state index contributed by atoms with van der Waals surface area (Å²) in [5.74, 6) is -0.394. The van der Waals surface area contributed by atoms with Gasteiger partial charge in [-0.15, -0.1) is 6.58 Å². The Balaban J connectivity index is 1.77. The molecule has 2 aromatic heterocycles. The SMILES string of the molecule is C=C[C@@H](Nc1nc(C)nc2cc(=O)n([C@@H]3C[C@@H](C)N(C(C)=O)C3)cc12)c1cccc(C(F)F)c1F. The minimum atomic E-state index is -2.96. The van der Waals surface area contributed by atoms with Gasteiger partial charge in [-0.05, 0) is 20.3 Å². The predicted octanol–water partition coefficient (Wildman–Crippen LogP) is 4.70. The van der Waals surface area contributed by atoms with Crippen LogP contribution in [0.1, 0.15) is 55.7 Å². The van der Waals surface area contributed by atoms with E-state index in [1.54, 1.807) is 22.6 Å². The van der Waals surface area contributed by atoms with Crippen molar-refractivity contribution in [2.24, 2.45) is 0 Å². The molecule has 1 aromatic carbocycles. The Morgan fingerprint density at radius 2 is 2.00 bits per heavy atom. The first kappa shape index (κ1) is 24.4. The van der Waals surface area contributed by atoms with E-state index in [9.17, 15) is 22.8 Å². The first-order valence-electron chi connectivity index (χ1n) is 11.2. The number of hydrogen-bond acceptors (Lipinski definition) is 5. The third kappa shape index (κ3) is 4.65. The van der Waals surface area contributed by atoms with E-state index in [-0.39, 0.29) is 29.1 Å². The van der Waals surface area contributed by atoms with Gasteiger partial charge in [0.2, 0.25) is 5.91 Å². The summed E-state index contributed by atoms with van der Waals surface area (Å²) in [7, 11) is 0. The minimum Gasteiger partial charge on any atom is -0.359 e. The molecule has 0 saturated carbocycles. The molecule has 1 saturated heterocycles. The lowest BCUT2D eigenvalue weighted by Crippen LogP contribution is -2.32. The third-order valence-electron chi connectivity index (χ3n) is 6.38. The number of nitrogens with one attached hydrogen (secondary N) is 1. The van der Waals surface area contributed by atoms with Gasteiger partial charge in [0.15, 0.2) is 0 Å². The number of carbonyl (C=O) groups is 1. The monoisotopic (exact) mass is 485 g/mol. The molecule has 35 heavy (non-hydrogen) atoms. The van der Waals surface area contributed by atoms with E-state index in [2.05, 4.69) is 21.9 Å². The van der Waals surface area contributed by atoms with E-state index in [0.29, 0.717) is 35.5 Å². The maximum atomic E-state index is 14.8. The van der Waals surface area contributed by atoms with Crippen LogP contribution < -0.4 is 10.9 Å². The molecule has 4 rings (SSSR count). The van der Waals surface area contributed by atoms with Crippen molar-refractivity contribution >= 4 is 22.6 Å². The van der Waals surface area contributed by atoms with Crippen molar-refractivity contribution in [1.82, 2.24) is 19.4 Å². The molecular formula is C25H26F3N5O2. The number of fused-ring (bicyclic) bond motifs is 1. The van der Waals surface area contributed by atoms with Crippen molar-refractivity contribution in [2.75, 3.05) is 11.9 Å². The van der Waals surface area contributed by atoms with Crippen LogP contribution in [0.5, 0.6) is 0 Å². The van der Waals surface area contributed by atoms with Crippen molar-refractivity contribution < 1.29 is 18.0 Å². The van der Waals surface area contributed by atoms with Crippen molar-refractivity contribution in [3.05, 3.63) is 76.2 Å². The van der Waals surface area contributed by atoms with Crippen molar-refractivity contribution in [3.8, 4) is 0 Å². The highest BCUT2D eigenvalue weighted by molar-refractivity contribution is 5.88. The average molecular weight is 486 g/mol. The lowest BCUT2D eigenvalue weighted by Gasteiger charge is -2.21. The number of carbonyl (C=O) groups excluding carboxylic acids is 1. The van der Waals surface area contributed by atoms with Gasteiger partial charge in [0.05, 0.1) is 28.6 Å². The highest BCUT2D eigenvalue weighted by Crippen LogP contribution is 2.32. The number of nitrogens with zero attached hydrogens (tertiary/aromatic N) is 4. The van der Waals surface area contributed by atoms with E-state index in [1.165, 1.54) is 31.2 Å². The van der Waals surface area contributed by atoms with Gasteiger partial charge >= 0.3 is 0 Å². The summed E-state index contributed by atoms with van der Waals surface area (Å²) in [5.41, 5.74) is -0.572. The quantitative estimate of drug-likeness (QED) is 0.512. The molecule has 1 fully saturated rings. The Morgan fingerprint density at radius 3 is 2.63 bits per heavy atom. The molecule has 10 heteroatoms. The molecule has 3 heterocycles. The summed E-state index contributed by atoms with van der Waals surface area (Å²) in [6.07, 6.45) is 0.685. The Hall–Kier alpha value is -3.69. The molecule has 3 atom stereocenters. The molecule has 7 nitrogen and oxygen atoms in total. The van der Waals surface area contributed by atoms with Crippen LogP contribution in [0, 0.1) is 12.7 Å². The molecule has 1 amide bonds. The second-order valence-corrected chi connectivity index (χ2v) is 8.76. The van der Waals surface area contributed by atoms with E-state index < -0.39 is 23.8 Å². The number of hydrogen-bond donors (Lipinski definition) is 1. The fourth-order valence-electron chi connectivity index (χ4n) is 4.66. The van der Waals surface area contributed by atoms with Gasteiger partial charge in [0, 0.05) is 37.3 Å². The number of benzene rings is 1. The zero-order valence-electron chi connectivity index (χ0n) is 19.6. The highest BCUT2D eigenvalue weighted by atomic mass is 19.3. The Kier molecular flexibility index (Phi) is 6.64. The second-order valence-electron chi connectivity index (χ2n) is 8.76. The fraction of sp³-hybridized carbons (Fsp3) is 0.360. The van der Waals surface area contributed by atoms with Gasteiger partial charge < -0.3 is 14.8 Å². The number of halogens is 3. The van der Waals surface area contributed by atoms with Crippen molar-refractivity contribution in [1.29, 1.82) is 0 Å². The normalized spacial score (nSPS) is 18.8. The number of amides is 1. The third-order valence-corrected chi connectivity index (χ3v) is 6.38. The van der Waals surface area contributed by atoms with E-state index in [4.69, 9.17) is 0 Å². The summed E-state index contributed by atoms with van der Waals surface area (Å²) in [4.78, 5) is 35.4. The molecule has 3 aromatic rings. The first-order chi connectivity index (χ1) is 16.6. The lowest BCUT2D eigenvalue weighted by atomic mass is 10.0. The maximum Gasteiger partial charge on any atom is 0.266 e. The van der Waals surface area contributed by atoms with Crippen LogP contribution >= 0.6 is 0 Å². The Labute approximate surface area is 200 Å². The topological polar surface area (TPSA) is 80.1 Å². The van der Waals surface area contributed by atoms with Gasteiger partial charge in [0.1, 0.15) is 17.5 Å². The number of aryl methyl sites for hydroxylation is 1. The minimum absolute atomic E-state index is 0.00254. The molecular weight excluding hydrogens is 459 g/mol. The summed E-state index contributed by atoms with van der Waals surface area (Å²) < 4.78 is 42.9. The van der Waals surface area contributed by atoms with Crippen molar-refractivity contribution in [2.45, 2.75) is 51.7 Å². The van der Waals surface area contributed by atoms with Crippen LogP contribution in [0.25, 0.3) is 10.9 Å². The smallest absolute Gasteiger partial charge is 0.266 e. The van der Waals surface area contributed by atoms with Gasteiger partial charge in [0.25, 0.3) is 12.0 Å². The largest absolute Gasteiger partial charge is 0.359 e. The van der Waals surface area contributed by atoms with Gasteiger partial charge in [-0.2, -0.15) is 0 Å². The molecule has 1 aliphatic rings. The van der Waals surface area contributed by atoms with Gasteiger partial charge in [-0.1, -0.05) is 24.3 Å². The number of pyridine rings is 1.